The van der Waals surface area contributed by atoms with Gasteiger partial charge in [-0.15, -0.1) is 12.4 Å². The maximum Gasteiger partial charge on any atom is 0.247 e. The number of para-hydroxylation sites is 1. The highest BCUT2D eigenvalue weighted by atomic mass is 35.5. The second kappa shape index (κ2) is 8.40. The monoisotopic (exact) mass is 391 g/mol. The van der Waals surface area contributed by atoms with Crippen molar-refractivity contribution in [2.75, 3.05) is 24.7 Å². The first-order valence-electron chi connectivity index (χ1n) is 10.5. The molecule has 1 N–H and O–H groups in total. The topological polar surface area (TPSA) is 35.6 Å². The van der Waals surface area contributed by atoms with Crippen LogP contribution in [0.15, 0.2) is 30.3 Å². The van der Waals surface area contributed by atoms with Crippen molar-refractivity contribution in [1.82, 2.24) is 10.2 Å². The number of amides is 1. The van der Waals surface area contributed by atoms with E-state index < -0.39 is 0 Å². The summed E-state index contributed by atoms with van der Waals surface area (Å²) in [5, 5.41) is 3.11. The van der Waals surface area contributed by atoms with E-state index in [1.54, 1.807) is 0 Å². The molecular formula is C22H34ClN3O. The number of piperidine rings is 1. The van der Waals surface area contributed by atoms with Crippen LogP contribution >= 0.6 is 12.4 Å². The molecule has 0 aromatic heterocycles. The van der Waals surface area contributed by atoms with Crippen LogP contribution < -0.4 is 10.2 Å². The van der Waals surface area contributed by atoms with E-state index in [0.717, 1.165) is 49.5 Å². The molecular weight excluding hydrogens is 358 g/mol. The Morgan fingerprint density at radius 2 is 1.67 bits per heavy atom. The van der Waals surface area contributed by atoms with Crippen molar-refractivity contribution >= 4 is 24.0 Å². The van der Waals surface area contributed by atoms with E-state index in [9.17, 15) is 4.79 Å². The number of nitrogens with one attached hydrogen (secondary N) is 1. The van der Waals surface area contributed by atoms with Crippen LogP contribution in [0.1, 0.15) is 52.4 Å². The molecule has 1 saturated carbocycles. The van der Waals surface area contributed by atoms with Crippen molar-refractivity contribution in [2.45, 2.75) is 64.0 Å². The van der Waals surface area contributed by atoms with E-state index in [-0.39, 0.29) is 23.9 Å². The third-order valence-electron chi connectivity index (χ3n) is 7.23. The molecule has 2 saturated heterocycles. The van der Waals surface area contributed by atoms with Gasteiger partial charge in [0.05, 0.1) is 6.67 Å². The van der Waals surface area contributed by atoms with Gasteiger partial charge in [0.1, 0.15) is 5.54 Å². The van der Waals surface area contributed by atoms with Crippen LogP contribution in [0.25, 0.3) is 0 Å². The average Bonchev–Trinajstić information content (AvgIpc) is 2.99. The summed E-state index contributed by atoms with van der Waals surface area (Å²) < 4.78 is 0. The highest BCUT2D eigenvalue weighted by Gasteiger charge is 2.50. The van der Waals surface area contributed by atoms with Gasteiger partial charge in [-0.3, -0.25) is 4.79 Å². The number of rotatable bonds is 3. The number of carbonyl (C=O) groups excluding carboxylic acids is 1. The molecule has 4 nitrogen and oxygen atoms in total. The minimum atomic E-state index is -0.340. The first-order valence-corrected chi connectivity index (χ1v) is 10.5. The first-order chi connectivity index (χ1) is 12.6. The zero-order valence-corrected chi connectivity index (χ0v) is 17.5. The third-order valence-corrected chi connectivity index (χ3v) is 7.23. The molecule has 2 aliphatic heterocycles. The highest BCUT2D eigenvalue weighted by molar-refractivity contribution is 5.93. The normalized spacial score (nSPS) is 28.3. The summed E-state index contributed by atoms with van der Waals surface area (Å²) in [6.45, 7) is 7.48. The Hall–Kier alpha value is -1.26. The number of anilines is 1. The van der Waals surface area contributed by atoms with E-state index in [2.05, 4.69) is 53.2 Å². The number of nitrogens with zero attached hydrogens (tertiary/aromatic N) is 2. The number of halogens is 1. The molecule has 0 unspecified atom stereocenters. The predicted molar refractivity (Wildman–Crippen MR) is 113 cm³/mol. The van der Waals surface area contributed by atoms with Gasteiger partial charge >= 0.3 is 0 Å². The molecule has 27 heavy (non-hydrogen) atoms. The zero-order valence-electron chi connectivity index (χ0n) is 16.7. The molecule has 150 valence electrons. The summed E-state index contributed by atoms with van der Waals surface area (Å²) in [5.41, 5.74) is 0.823. The molecule has 1 amide bonds. The van der Waals surface area contributed by atoms with E-state index in [1.165, 1.54) is 25.7 Å². The summed E-state index contributed by atoms with van der Waals surface area (Å²) >= 11 is 0. The second-order valence-electron chi connectivity index (χ2n) is 8.81. The lowest BCUT2D eigenvalue weighted by Crippen LogP contribution is -2.58. The summed E-state index contributed by atoms with van der Waals surface area (Å²) in [4.78, 5) is 17.7. The minimum absolute atomic E-state index is 0. The molecule has 1 aliphatic carbocycles. The fraction of sp³-hybridized carbons (Fsp3) is 0.682. The SMILES string of the molecule is CC(C)[C@H]1CC[C@H](N2CCC3(CC2)C(=O)NCN3c2ccccc2)CC1.Cl. The Morgan fingerprint density at radius 3 is 2.26 bits per heavy atom. The standard InChI is InChI=1S/C22H33N3O.ClH/c1-17(2)18-8-10-19(11-9-18)24-14-12-22(13-15-24)21(26)23-16-25(22)20-6-4-3-5-7-20;/h3-7,17-19H,8-16H2,1-2H3,(H,23,26);1H/t18-,19-;. The van der Waals surface area contributed by atoms with E-state index >= 15 is 0 Å². The van der Waals surface area contributed by atoms with Crippen LogP contribution in [-0.4, -0.2) is 42.1 Å². The third kappa shape index (κ3) is 3.84. The van der Waals surface area contributed by atoms with Gasteiger partial charge in [-0.1, -0.05) is 32.0 Å². The van der Waals surface area contributed by atoms with Crippen molar-refractivity contribution < 1.29 is 4.79 Å². The van der Waals surface area contributed by atoms with Gasteiger partial charge < -0.3 is 15.1 Å². The molecule has 1 aromatic rings. The van der Waals surface area contributed by atoms with Gasteiger partial charge in [-0.2, -0.15) is 0 Å². The van der Waals surface area contributed by atoms with Crippen molar-refractivity contribution in [3.63, 3.8) is 0 Å². The highest BCUT2D eigenvalue weighted by Crippen LogP contribution is 2.39. The van der Waals surface area contributed by atoms with E-state index in [1.807, 2.05) is 6.07 Å². The summed E-state index contributed by atoms with van der Waals surface area (Å²) in [6, 6.07) is 11.2. The smallest absolute Gasteiger partial charge is 0.247 e. The largest absolute Gasteiger partial charge is 0.339 e. The number of carbonyl (C=O) groups is 1. The lowest BCUT2D eigenvalue weighted by Gasteiger charge is -2.47. The molecule has 4 rings (SSSR count). The van der Waals surface area contributed by atoms with Crippen LogP contribution in [-0.2, 0) is 4.79 Å². The Kier molecular flexibility index (Phi) is 6.37. The maximum absolute atomic E-state index is 12.8. The zero-order chi connectivity index (χ0) is 18.1. The molecule has 1 spiro atoms. The van der Waals surface area contributed by atoms with Crippen LogP contribution in [0, 0.1) is 11.8 Å². The Balaban J connectivity index is 0.00000210. The fourth-order valence-corrected chi connectivity index (χ4v) is 5.43. The molecule has 2 heterocycles. The van der Waals surface area contributed by atoms with Crippen LogP contribution in [0.4, 0.5) is 5.69 Å². The molecule has 5 heteroatoms. The Labute approximate surface area is 170 Å². The lowest BCUT2D eigenvalue weighted by molar-refractivity contribution is -0.125. The molecule has 3 aliphatic rings. The summed E-state index contributed by atoms with van der Waals surface area (Å²) in [6.07, 6.45) is 7.31. The van der Waals surface area contributed by atoms with Crippen molar-refractivity contribution in [3.05, 3.63) is 30.3 Å². The van der Waals surface area contributed by atoms with Gasteiger partial charge in [0.15, 0.2) is 0 Å². The molecule has 0 radical (unpaired) electrons. The van der Waals surface area contributed by atoms with Gasteiger partial charge in [-0.05, 0) is 62.5 Å². The van der Waals surface area contributed by atoms with Crippen LogP contribution in [0.3, 0.4) is 0 Å². The van der Waals surface area contributed by atoms with Crippen molar-refractivity contribution in [2.24, 2.45) is 11.8 Å². The number of hydrogen-bond donors (Lipinski definition) is 1. The van der Waals surface area contributed by atoms with E-state index in [0.29, 0.717) is 6.67 Å². The van der Waals surface area contributed by atoms with Crippen LogP contribution in [0.5, 0.6) is 0 Å². The Bertz CT molecular complexity index is 620. The summed E-state index contributed by atoms with van der Waals surface area (Å²) in [7, 11) is 0. The van der Waals surface area contributed by atoms with Gasteiger partial charge in [0.25, 0.3) is 0 Å². The fourth-order valence-electron chi connectivity index (χ4n) is 5.43. The average molecular weight is 392 g/mol. The Morgan fingerprint density at radius 1 is 1.04 bits per heavy atom. The van der Waals surface area contributed by atoms with Crippen molar-refractivity contribution in [1.29, 1.82) is 0 Å². The summed E-state index contributed by atoms with van der Waals surface area (Å²) in [5.74, 6) is 1.96. The quantitative estimate of drug-likeness (QED) is 0.844. The minimum Gasteiger partial charge on any atom is -0.339 e. The second-order valence-corrected chi connectivity index (χ2v) is 8.81. The van der Waals surface area contributed by atoms with Gasteiger partial charge in [0, 0.05) is 24.8 Å². The molecule has 1 aromatic carbocycles. The molecule has 0 atom stereocenters. The molecule has 0 bridgehead atoms. The maximum atomic E-state index is 12.8. The first kappa shape index (κ1) is 20.5. The van der Waals surface area contributed by atoms with E-state index in [4.69, 9.17) is 0 Å². The predicted octanol–water partition coefficient (Wildman–Crippen LogP) is 4.05. The molecule has 3 fully saturated rings. The van der Waals surface area contributed by atoms with Gasteiger partial charge in [-0.25, -0.2) is 0 Å². The number of benzene rings is 1. The number of likely N-dealkylation sites (tertiary alicyclic amines) is 1. The van der Waals surface area contributed by atoms with Crippen molar-refractivity contribution in [3.8, 4) is 0 Å². The van der Waals surface area contributed by atoms with Gasteiger partial charge in [0.2, 0.25) is 5.91 Å². The number of hydrogen-bond acceptors (Lipinski definition) is 3. The lowest BCUT2D eigenvalue weighted by atomic mass is 9.78. The van der Waals surface area contributed by atoms with Crippen LogP contribution in [0.2, 0.25) is 0 Å².